The average molecular weight is 329 g/mol. The van der Waals surface area contributed by atoms with E-state index >= 15 is 0 Å². The summed E-state index contributed by atoms with van der Waals surface area (Å²) in [6, 6.07) is 17.8. The molecule has 0 aliphatic rings. The van der Waals surface area contributed by atoms with E-state index in [9.17, 15) is 0 Å². The molecule has 3 aromatic carbocycles. The molecule has 1 heterocycles. The summed E-state index contributed by atoms with van der Waals surface area (Å²) in [5, 5.41) is 6.33. The molecule has 5 heteroatoms. The second-order valence-corrected chi connectivity index (χ2v) is 5.75. The summed E-state index contributed by atoms with van der Waals surface area (Å²) >= 11 is 11.9. The summed E-state index contributed by atoms with van der Waals surface area (Å²) in [6.45, 7) is 0. The number of hydrogen-bond donors (Lipinski definition) is 1. The van der Waals surface area contributed by atoms with Crippen LogP contribution in [0, 0.1) is 0 Å². The molecule has 4 aromatic rings. The van der Waals surface area contributed by atoms with Gasteiger partial charge in [0.2, 0.25) is 0 Å². The van der Waals surface area contributed by atoms with Crippen LogP contribution in [0.3, 0.4) is 0 Å². The second kappa shape index (κ2) is 5.20. The Morgan fingerprint density at radius 3 is 2.41 bits per heavy atom. The molecule has 0 bridgehead atoms. The van der Waals surface area contributed by atoms with E-state index in [0.29, 0.717) is 16.1 Å². The third kappa shape index (κ3) is 2.39. The first-order valence-electron chi connectivity index (χ1n) is 6.70. The van der Waals surface area contributed by atoms with Crippen molar-refractivity contribution in [3.05, 3.63) is 64.6 Å². The molecule has 0 aliphatic heterocycles. The zero-order valence-electron chi connectivity index (χ0n) is 11.3. The predicted molar refractivity (Wildman–Crippen MR) is 91.3 cm³/mol. The first-order chi connectivity index (χ1) is 10.7. The molecule has 108 valence electrons. The molecule has 0 atom stereocenters. The smallest absolute Gasteiger partial charge is 0.300 e. The van der Waals surface area contributed by atoms with Crippen LogP contribution >= 0.6 is 23.2 Å². The molecule has 0 unspecified atom stereocenters. The molecular formula is C17H10Cl2N2O. The number of nitrogens with one attached hydrogen (secondary N) is 1. The van der Waals surface area contributed by atoms with Crippen LogP contribution in [0.1, 0.15) is 0 Å². The number of nitrogens with zero attached hydrogens (tertiary/aromatic N) is 1. The highest BCUT2D eigenvalue weighted by atomic mass is 35.5. The van der Waals surface area contributed by atoms with E-state index in [-0.39, 0.29) is 0 Å². The van der Waals surface area contributed by atoms with Gasteiger partial charge >= 0.3 is 0 Å². The molecule has 0 amide bonds. The largest absolute Gasteiger partial charge is 0.423 e. The van der Waals surface area contributed by atoms with Crippen molar-refractivity contribution in [3.63, 3.8) is 0 Å². The van der Waals surface area contributed by atoms with Crippen LogP contribution in [0.25, 0.3) is 21.9 Å². The molecule has 0 saturated carbocycles. The molecule has 0 aliphatic carbocycles. The van der Waals surface area contributed by atoms with Crippen LogP contribution in [0.4, 0.5) is 11.7 Å². The Hall–Kier alpha value is -2.23. The number of rotatable bonds is 2. The topological polar surface area (TPSA) is 38.1 Å². The van der Waals surface area contributed by atoms with Crippen molar-refractivity contribution in [2.24, 2.45) is 0 Å². The van der Waals surface area contributed by atoms with Crippen LogP contribution < -0.4 is 5.32 Å². The summed E-state index contributed by atoms with van der Waals surface area (Å²) in [5.74, 6) is 0. The lowest BCUT2D eigenvalue weighted by molar-refractivity contribution is 0.623. The van der Waals surface area contributed by atoms with Gasteiger partial charge in [-0.1, -0.05) is 47.5 Å². The Kier molecular flexibility index (Phi) is 3.17. The molecule has 0 saturated heterocycles. The highest BCUT2D eigenvalue weighted by Gasteiger charge is 2.08. The highest BCUT2D eigenvalue weighted by Crippen LogP contribution is 2.29. The molecule has 0 spiro atoms. The minimum Gasteiger partial charge on any atom is -0.423 e. The minimum atomic E-state index is 0.420. The van der Waals surface area contributed by atoms with Crippen LogP contribution in [0.2, 0.25) is 10.0 Å². The quantitative estimate of drug-likeness (QED) is 0.488. The maximum absolute atomic E-state index is 6.01. The van der Waals surface area contributed by atoms with Crippen LogP contribution in [0.5, 0.6) is 0 Å². The van der Waals surface area contributed by atoms with Crippen molar-refractivity contribution in [2.45, 2.75) is 0 Å². The standard InChI is InChI=1S/C17H10Cl2N2O/c18-13-6-5-12(9-14(13)19)20-17-21-15-7-10-3-1-2-4-11(10)8-16(15)22-17/h1-9H,(H,20,21). The predicted octanol–water partition coefficient (Wildman–Crippen LogP) is 6.03. The lowest BCUT2D eigenvalue weighted by atomic mass is 10.1. The van der Waals surface area contributed by atoms with E-state index in [2.05, 4.69) is 16.4 Å². The molecular weight excluding hydrogens is 319 g/mol. The van der Waals surface area contributed by atoms with E-state index in [1.54, 1.807) is 12.1 Å². The second-order valence-electron chi connectivity index (χ2n) is 4.94. The summed E-state index contributed by atoms with van der Waals surface area (Å²) < 4.78 is 5.75. The maximum Gasteiger partial charge on any atom is 0.300 e. The number of fused-ring (bicyclic) bond motifs is 2. The van der Waals surface area contributed by atoms with Crippen molar-refractivity contribution in [1.29, 1.82) is 0 Å². The molecule has 0 radical (unpaired) electrons. The normalized spacial score (nSPS) is 11.2. The van der Waals surface area contributed by atoms with E-state index < -0.39 is 0 Å². The number of benzene rings is 3. The molecule has 1 N–H and O–H groups in total. The lowest BCUT2D eigenvalue weighted by Crippen LogP contribution is -1.89. The number of hydrogen-bond acceptors (Lipinski definition) is 3. The van der Waals surface area contributed by atoms with E-state index in [1.165, 1.54) is 0 Å². The van der Waals surface area contributed by atoms with Crippen molar-refractivity contribution in [1.82, 2.24) is 4.98 Å². The van der Waals surface area contributed by atoms with Gasteiger partial charge in [-0.2, -0.15) is 4.98 Å². The van der Waals surface area contributed by atoms with Gasteiger partial charge in [0.25, 0.3) is 6.01 Å². The van der Waals surface area contributed by atoms with Gasteiger partial charge in [-0.3, -0.25) is 0 Å². The summed E-state index contributed by atoms with van der Waals surface area (Å²) in [7, 11) is 0. The molecule has 22 heavy (non-hydrogen) atoms. The third-order valence-corrected chi connectivity index (χ3v) is 4.17. The first-order valence-corrected chi connectivity index (χ1v) is 7.46. The van der Waals surface area contributed by atoms with Gasteiger partial charge in [-0.05, 0) is 41.1 Å². The minimum absolute atomic E-state index is 0.420. The number of anilines is 2. The summed E-state index contributed by atoms with van der Waals surface area (Å²) in [4.78, 5) is 4.46. The average Bonchev–Trinajstić information content (AvgIpc) is 2.89. The van der Waals surface area contributed by atoms with E-state index in [4.69, 9.17) is 27.6 Å². The van der Waals surface area contributed by atoms with Gasteiger partial charge in [-0.25, -0.2) is 0 Å². The van der Waals surface area contributed by atoms with Gasteiger partial charge in [-0.15, -0.1) is 0 Å². The third-order valence-electron chi connectivity index (χ3n) is 3.43. The van der Waals surface area contributed by atoms with Gasteiger partial charge in [0, 0.05) is 5.69 Å². The maximum atomic E-state index is 6.01. The van der Waals surface area contributed by atoms with Crippen LogP contribution in [-0.4, -0.2) is 4.98 Å². The SMILES string of the molecule is Clc1ccc(Nc2nc3cc4ccccc4cc3o2)cc1Cl. The Bertz CT molecular complexity index is 942. The van der Waals surface area contributed by atoms with Crippen molar-refractivity contribution >= 4 is 56.8 Å². The molecule has 1 aromatic heterocycles. The van der Waals surface area contributed by atoms with Crippen LogP contribution in [-0.2, 0) is 0 Å². The zero-order chi connectivity index (χ0) is 15.1. The highest BCUT2D eigenvalue weighted by molar-refractivity contribution is 6.42. The lowest BCUT2D eigenvalue weighted by Gasteiger charge is -2.02. The monoisotopic (exact) mass is 328 g/mol. The summed E-state index contributed by atoms with van der Waals surface area (Å²) in [6.07, 6.45) is 0. The van der Waals surface area contributed by atoms with Gasteiger partial charge in [0.1, 0.15) is 5.52 Å². The Labute approximate surface area is 136 Å². The number of aromatic nitrogens is 1. The Morgan fingerprint density at radius 1 is 0.864 bits per heavy atom. The molecule has 0 fully saturated rings. The molecule has 4 rings (SSSR count). The fourth-order valence-corrected chi connectivity index (χ4v) is 2.66. The van der Waals surface area contributed by atoms with Crippen molar-refractivity contribution in [3.8, 4) is 0 Å². The van der Waals surface area contributed by atoms with Crippen LogP contribution in [0.15, 0.2) is 59.0 Å². The first kappa shape index (κ1) is 13.4. The fourth-order valence-electron chi connectivity index (χ4n) is 2.36. The van der Waals surface area contributed by atoms with Gasteiger partial charge < -0.3 is 9.73 Å². The summed E-state index contributed by atoms with van der Waals surface area (Å²) in [5.41, 5.74) is 2.31. The Morgan fingerprint density at radius 2 is 1.64 bits per heavy atom. The van der Waals surface area contributed by atoms with Gasteiger partial charge in [0.05, 0.1) is 10.0 Å². The van der Waals surface area contributed by atoms with Crippen molar-refractivity contribution < 1.29 is 4.42 Å². The van der Waals surface area contributed by atoms with Gasteiger partial charge in [0.15, 0.2) is 5.58 Å². The number of oxazole rings is 1. The Balaban J connectivity index is 1.75. The fraction of sp³-hybridized carbons (Fsp3) is 0. The van der Waals surface area contributed by atoms with E-state index in [1.807, 2.05) is 36.4 Å². The zero-order valence-corrected chi connectivity index (χ0v) is 12.8. The van der Waals surface area contributed by atoms with E-state index in [0.717, 1.165) is 27.6 Å². The number of halogens is 2. The molecule has 3 nitrogen and oxygen atoms in total. The van der Waals surface area contributed by atoms with Crippen molar-refractivity contribution in [2.75, 3.05) is 5.32 Å².